The van der Waals surface area contributed by atoms with Crippen LogP contribution in [0.2, 0.25) is 0 Å². The van der Waals surface area contributed by atoms with Crippen LogP contribution < -0.4 is 4.74 Å². The van der Waals surface area contributed by atoms with Crippen molar-refractivity contribution in [3.05, 3.63) is 53.0 Å². The standard InChI is InChI=1S/C18H23NO4/c1-13-17(18(20)22-4)11-16(23-13)12-19(2)10-9-14-5-7-15(21-3)8-6-14/h5-8,11H,9-10,12H2,1-4H3. The number of nitrogens with zero attached hydrogens (tertiary/aromatic N) is 1. The van der Waals surface area contributed by atoms with Crippen molar-refractivity contribution < 1.29 is 18.7 Å². The number of likely N-dealkylation sites (N-methyl/N-ethyl adjacent to an activating group) is 1. The van der Waals surface area contributed by atoms with Crippen LogP contribution in [0.25, 0.3) is 0 Å². The van der Waals surface area contributed by atoms with Gasteiger partial charge in [0.25, 0.3) is 0 Å². The Bertz CT molecular complexity index is 646. The number of benzene rings is 1. The number of ether oxygens (including phenoxy) is 2. The van der Waals surface area contributed by atoms with Crippen LogP contribution in [0.5, 0.6) is 5.75 Å². The zero-order chi connectivity index (χ0) is 16.8. The molecule has 23 heavy (non-hydrogen) atoms. The van der Waals surface area contributed by atoms with Gasteiger partial charge in [0.2, 0.25) is 0 Å². The van der Waals surface area contributed by atoms with E-state index in [1.165, 1.54) is 12.7 Å². The molecule has 0 spiro atoms. The van der Waals surface area contributed by atoms with Crippen LogP contribution in [0.3, 0.4) is 0 Å². The first-order valence-corrected chi connectivity index (χ1v) is 7.52. The molecule has 0 amide bonds. The van der Waals surface area contributed by atoms with Crippen LogP contribution >= 0.6 is 0 Å². The normalized spacial score (nSPS) is 10.8. The molecule has 0 aliphatic carbocycles. The molecule has 0 aliphatic rings. The SMILES string of the molecule is COC(=O)c1cc(CN(C)CCc2ccc(OC)cc2)oc1C. The van der Waals surface area contributed by atoms with Crippen LogP contribution in [0, 0.1) is 6.92 Å². The second kappa shape index (κ2) is 7.83. The second-order valence-corrected chi connectivity index (χ2v) is 5.51. The van der Waals surface area contributed by atoms with Gasteiger partial charge in [-0.1, -0.05) is 12.1 Å². The van der Waals surface area contributed by atoms with E-state index in [1.54, 1.807) is 20.1 Å². The first-order valence-electron chi connectivity index (χ1n) is 7.52. The van der Waals surface area contributed by atoms with E-state index < -0.39 is 0 Å². The number of furan rings is 1. The van der Waals surface area contributed by atoms with Crippen molar-refractivity contribution in [1.29, 1.82) is 0 Å². The summed E-state index contributed by atoms with van der Waals surface area (Å²) in [5, 5.41) is 0. The van der Waals surface area contributed by atoms with E-state index in [0.717, 1.165) is 24.5 Å². The number of carbonyl (C=O) groups excluding carboxylic acids is 1. The Kier molecular flexibility index (Phi) is 5.82. The molecule has 1 heterocycles. The van der Waals surface area contributed by atoms with Crippen molar-refractivity contribution in [3.8, 4) is 5.75 Å². The summed E-state index contributed by atoms with van der Waals surface area (Å²) in [6.45, 7) is 3.31. The minimum atomic E-state index is -0.363. The number of esters is 1. The van der Waals surface area contributed by atoms with Crippen molar-refractivity contribution in [2.75, 3.05) is 27.8 Å². The first kappa shape index (κ1) is 17.1. The minimum Gasteiger partial charge on any atom is -0.497 e. The Hall–Kier alpha value is -2.27. The fourth-order valence-electron chi connectivity index (χ4n) is 2.39. The molecule has 1 aromatic carbocycles. The minimum absolute atomic E-state index is 0.363. The molecule has 124 valence electrons. The summed E-state index contributed by atoms with van der Waals surface area (Å²) in [5.74, 6) is 1.86. The summed E-state index contributed by atoms with van der Waals surface area (Å²) in [6.07, 6.45) is 0.935. The number of hydrogen-bond acceptors (Lipinski definition) is 5. The number of aryl methyl sites for hydroxylation is 1. The highest BCUT2D eigenvalue weighted by Crippen LogP contribution is 2.17. The van der Waals surface area contributed by atoms with E-state index in [1.807, 2.05) is 19.2 Å². The van der Waals surface area contributed by atoms with Gasteiger partial charge in [-0.15, -0.1) is 0 Å². The Balaban J connectivity index is 1.89. The van der Waals surface area contributed by atoms with Crippen LogP contribution in [0.4, 0.5) is 0 Å². The third kappa shape index (κ3) is 4.60. The van der Waals surface area contributed by atoms with Gasteiger partial charge in [0.05, 0.1) is 20.8 Å². The zero-order valence-electron chi connectivity index (χ0n) is 14.1. The molecule has 1 aromatic heterocycles. The summed E-state index contributed by atoms with van der Waals surface area (Å²) >= 11 is 0. The molecule has 0 bridgehead atoms. The fourth-order valence-corrected chi connectivity index (χ4v) is 2.39. The maximum Gasteiger partial charge on any atom is 0.341 e. The van der Waals surface area contributed by atoms with Gasteiger partial charge in [-0.05, 0) is 44.2 Å². The molecule has 5 nitrogen and oxygen atoms in total. The molecule has 0 saturated carbocycles. The van der Waals surface area contributed by atoms with Gasteiger partial charge in [-0.2, -0.15) is 0 Å². The molecule has 0 N–H and O–H groups in total. The summed E-state index contributed by atoms with van der Waals surface area (Å²) in [7, 11) is 5.06. The Morgan fingerprint density at radius 2 is 1.91 bits per heavy atom. The van der Waals surface area contributed by atoms with Gasteiger partial charge in [0, 0.05) is 6.54 Å². The Labute approximate surface area is 136 Å². The monoisotopic (exact) mass is 317 g/mol. The van der Waals surface area contributed by atoms with Crippen LogP contribution in [0.1, 0.15) is 27.4 Å². The molecule has 0 saturated heterocycles. The van der Waals surface area contributed by atoms with Crippen molar-refractivity contribution in [3.63, 3.8) is 0 Å². The van der Waals surface area contributed by atoms with Crippen LogP contribution in [-0.2, 0) is 17.7 Å². The summed E-state index contributed by atoms with van der Waals surface area (Å²) < 4.78 is 15.5. The lowest BCUT2D eigenvalue weighted by atomic mass is 10.1. The van der Waals surface area contributed by atoms with Crippen LogP contribution in [-0.4, -0.2) is 38.7 Å². The predicted molar refractivity (Wildman–Crippen MR) is 87.8 cm³/mol. The molecule has 0 unspecified atom stereocenters. The van der Waals surface area contributed by atoms with Crippen LogP contribution in [0.15, 0.2) is 34.7 Å². The van der Waals surface area contributed by atoms with Gasteiger partial charge >= 0.3 is 5.97 Å². The Morgan fingerprint density at radius 1 is 1.22 bits per heavy atom. The topological polar surface area (TPSA) is 51.9 Å². The zero-order valence-corrected chi connectivity index (χ0v) is 14.1. The van der Waals surface area contributed by atoms with Crippen molar-refractivity contribution in [2.24, 2.45) is 0 Å². The van der Waals surface area contributed by atoms with Gasteiger partial charge in [0.1, 0.15) is 22.8 Å². The highest BCUT2D eigenvalue weighted by molar-refractivity contribution is 5.90. The molecule has 0 aliphatic heterocycles. The third-order valence-electron chi connectivity index (χ3n) is 3.74. The lowest BCUT2D eigenvalue weighted by Gasteiger charge is -2.15. The first-order chi connectivity index (χ1) is 11.0. The maximum absolute atomic E-state index is 11.6. The molecule has 2 aromatic rings. The molecule has 0 fully saturated rings. The van der Waals surface area contributed by atoms with E-state index in [2.05, 4.69) is 17.0 Å². The highest BCUT2D eigenvalue weighted by atomic mass is 16.5. The van der Waals surface area contributed by atoms with E-state index in [4.69, 9.17) is 13.9 Å². The Morgan fingerprint density at radius 3 is 2.52 bits per heavy atom. The molecule has 0 radical (unpaired) electrons. The molecule has 0 atom stereocenters. The summed E-state index contributed by atoms with van der Waals surface area (Å²) in [4.78, 5) is 13.7. The number of rotatable bonds is 7. The summed E-state index contributed by atoms with van der Waals surface area (Å²) in [5.41, 5.74) is 1.74. The van der Waals surface area contributed by atoms with E-state index in [0.29, 0.717) is 17.9 Å². The quantitative estimate of drug-likeness (QED) is 0.735. The third-order valence-corrected chi connectivity index (χ3v) is 3.74. The molecule has 2 rings (SSSR count). The number of methoxy groups -OCH3 is 2. The predicted octanol–water partition coefficient (Wildman–Crippen LogP) is 3.06. The smallest absolute Gasteiger partial charge is 0.341 e. The van der Waals surface area contributed by atoms with Gasteiger partial charge in [-0.3, -0.25) is 4.90 Å². The van der Waals surface area contributed by atoms with Gasteiger partial charge < -0.3 is 13.9 Å². The molecular formula is C18H23NO4. The highest BCUT2D eigenvalue weighted by Gasteiger charge is 2.16. The molecule has 5 heteroatoms. The van der Waals surface area contributed by atoms with Gasteiger partial charge in [0.15, 0.2) is 0 Å². The lowest BCUT2D eigenvalue weighted by Crippen LogP contribution is -2.20. The van der Waals surface area contributed by atoms with E-state index >= 15 is 0 Å². The van der Waals surface area contributed by atoms with Gasteiger partial charge in [-0.25, -0.2) is 4.79 Å². The number of hydrogen-bond donors (Lipinski definition) is 0. The van der Waals surface area contributed by atoms with Crippen molar-refractivity contribution >= 4 is 5.97 Å². The largest absolute Gasteiger partial charge is 0.497 e. The van der Waals surface area contributed by atoms with E-state index in [-0.39, 0.29) is 5.97 Å². The molecular weight excluding hydrogens is 294 g/mol. The van der Waals surface area contributed by atoms with E-state index in [9.17, 15) is 4.79 Å². The second-order valence-electron chi connectivity index (χ2n) is 5.51. The average molecular weight is 317 g/mol. The summed E-state index contributed by atoms with van der Waals surface area (Å²) in [6, 6.07) is 9.82. The average Bonchev–Trinajstić information content (AvgIpc) is 2.93. The fraction of sp³-hybridized carbons (Fsp3) is 0.389. The lowest BCUT2D eigenvalue weighted by molar-refractivity contribution is 0.0599. The van der Waals surface area contributed by atoms with Crippen molar-refractivity contribution in [1.82, 2.24) is 4.90 Å². The maximum atomic E-state index is 11.6. The number of carbonyl (C=O) groups is 1. The van der Waals surface area contributed by atoms with Crippen molar-refractivity contribution in [2.45, 2.75) is 19.9 Å².